The van der Waals surface area contributed by atoms with Gasteiger partial charge in [-0.05, 0) is 24.8 Å². The summed E-state index contributed by atoms with van der Waals surface area (Å²) in [5, 5.41) is 14.6. The van der Waals surface area contributed by atoms with Crippen molar-refractivity contribution in [3.8, 4) is 0 Å². The fourth-order valence-corrected chi connectivity index (χ4v) is 2.57. The number of nitrogens with one attached hydrogen (secondary N) is 2. The quantitative estimate of drug-likeness (QED) is 0.706. The second-order valence-corrected chi connectivity index (χ2v) is 5.77. The van der Waals surface area contributed by atoms with Gasteiger partial charge < -0.3 is 20.6 Å². The molecule has 1 aliphatic rings. The van der Waals surface area contributed by atoms with Crippen molar-refractivity contribution in [1.82, 2.24) is 15.5 Å². The Balaban J connectivity index is 1.92. The third-order valence-electron chi connectivity index (χ3n) is 3.89. The molecule has 0 bridgehead atoms. The van der Waals surface area contributed by atoms with Gasteiger partial charge in [-0.25, -0.2) is 4.79 Å². The number of benzene rings is 1. The molecule has 1 aromatic rings. The summed E-state index contributed by atoms with van der Waals surface area (Å²) in [6.07, 6.45) is 5.88. The molecule has 3 amide bonds. The highest BCUT2D eigenvalue weighted by Gasteiger charge is 2.25. The van der Waals surface area contributed by atoms with E-state index in [-0.39, 0.29) is 18.5 Å². The van der Waals surface area contributed by atoms with Crippen LogP contribution in [0, 0.1) is 0 Å². The van der Waals surface area contributed by atoms with Gasteiger partial charge in [0.1, 0.15) is 6.04 Å². The lowest BCUT2D eigenvalue weighted by molar-refractivity contribution is -0.124. The maximum atomic E-state index is 12.4. The molecular weight excluding hydrogens is 306 g/mol. The molecule has 6 heteroatoms. The Hall–Kier alpha value is -2.34. The Morgan fingerprint density at radius 1 is 1.38 bits per heavy atom. The Bertz CT molecular complexity index is 560. The Kier molecular flexibility index (Phi) is 7.29. The first kappa shape index (κ1) is 18.0. The molecule has 3 N–H and O–H groups in total. The van der Waals surface area contributed by atoms with Crippen LogP contribution in [-0.2, 0) is 4.79 Å². The predicted octanol–water partition coefficient (Wildman–Crippen LogP) is 1.37. The summed E-state index contributed by atoms with van der Waals surface area (Å²) in [4.78, 5) is 25.8. The maximum Gasteiger partial charge on any atom is 0.318 e. The van der Waals surface area contributed by atoms with E-state index in [4.69, 9.17) is 5.11 Å². The summed E-state index contributed by atoms with van der Waals surface area (Å²) < 4.78 is 0. The number of aliphatic hydroxyl groups is 1. The first-order valence-electron chi connectivity index (χ1n) is 8.36. The molecule has 0 spiro atoms. The van der Waals surface area contributed by atoms with Crippen molar-refractivity contribution in [2.45, 2.75) is 25.3 Å². The molecule has 2 rings (SSSR count). The minimum atomic E-state index is -0.471. The highest BCUT2D eigenvalue weighted by atomic mass is 16.3. The number of piperidine rings is 1. The highest BCUT2D eigenvalue weighted by Crippen LogP contribution is 2.05. The van der Waals surface area contributed by atoms with Gasteiger partial charge in [0.05, 0.1) is 0 Å². The number of nitrogens with zero attached hydrogens (tertiary/aromatic N) is 1. The maximum absolute atomic E-state index is 12.4. The SMILES string of the molecule is O=C1NCCCC1NC(=O)N(C/C=C/c1ccccc1)CCCO. The van der Waals surface area contributed by atoms with Crippen LogP contribution in [0.1, 0.15) is 24.8 Å². The van der Waals surface area contributed by atoms with Crippen molar-refractivity contribution in [3.05, 3.63) is 42.0 Å². The first-order chi connectivity index (χ1) is 11.7. The van der Waals surface area contributed by atoms with E-state index in [1.807, 2.05) is 42.5 Å². The number of urea groups is 1. The van der Waals surface area contributed by atoms with Crippen LogP contribution in [0.3, 0.4) is 0 Å². The van der Waals surface area contributed by atoms with Crippen molar-refractivity contribution in [3.63, 3.8) is 0 Å². The molecule has 6 nitrogen and oxygen atoms in total. The molecule has 1 unspecified atom stereocenters. The summed E-state index contributed by atoms with van der Waals surface area (Å²) in [5.41, 5.74) is 1.06. The molecule has 0 radical (unpaired) electrons. The van der Waals surface area contributed by atoms with E-state index in [9.17, 15) is 9.59 Å². The molecule has 0 aromatic heterocycles. The van der Waals surface area contributed by atoms with Crippen molar-refractivity contribution < 1.29 is 14.7 Å². The second kappa shape index (κ2) is 9.72. The van der Waals surface area contributed by atoms with Crippen LogP contribution >= 0.6 is 0 Å². The van der Waals surface area contributed by atoms with Crippen molar-refractivity contribution in [2.75, 3.05) is 26.2 Å². The molecule has 0 saturated carbocycles. The topological polar surface area (TPSA) is 81.7 Å². The smallest absolute Gasteiger partial charge is 0.318 e. The molecular formula is C18H25N3O3. The summed E-state index contributed by atoms with van der Waals surface area (Å²) in [6, 6.07) is 9.09. The number of hydrogen-bond donors (Lipinski definition) is 3. The average molecular weight is 331 g/mol. The first-order valence-corrected chi connectivity index (χ1v) is 8.36. The Morgan fingerprint density at radius 3 is 2.88 bits per heavy atom. The number of carbonyl (C=O) groups is 2. The fourth-order valence-electron chi connectivity index (χ4n) is 2.57. The largest absolute Gasteiger partial charge is 0.396 e. The fraction of sp³-hybridized carbons (Fsp3) is 0.444. The van der Waals surface area contributed by atoms with Gasteiger partial charge in [-0.15, -0.1) is 0 Å². The molecule has 1 aliphatic heterocycles. The lowest BCUT2D eigenvalue weighted by Crippen LogP contribution is -2.53. The zero-order chi connectivity index (χ0) is 17.2. The summed E-state index contributed by atoms with van der Waals surface area (Å²) >= 11 is 0. The van der Waals surface area contributed by atoms with E-state index in [1.54, 1.807) is 4.90 Å². The van der Waals surface area contributed by atoms with E-state index in [0.29, 0.717) is 32.5 Å². The zero-order valence-electron chi connectivity index (χ0n) is 13.8. The van der Waals surface area contributed by atoms with Gasteiger partial charge in [-0.2, -0.15) is 0 Å². The van der Waals surface area contributed by atoms with Gasteiger partial charge in [0.25, 0.3) is 0 Å². The van der Waals surface area contributed by atoms with E-state index >= 15 is 0 Å². The predicted molar refractivity (Wildman–Crippen MR) is 93.3 cm³/mol. The average Bonchev–Trinajstić information content (AvgIpc) is 2.60. The molecule has 0 aliphatic carbocycles. The number of amides is 3. The van der Waals surface area contributed by atoms with E-state index in [0.717, 1.165) is 12.0 Å². The molecule has 1 fully saturated rings. The van der Waals surface area contributed by atoms with Gasteiger partial charge in [-0.1, -0.05) is 42.5 Å². The molecule has 130 valence electrons. The third-order valence-corrected chi connectivity index (χ3v) is 3.89. The minimum absolute atomic E-state index is 0.0239. The van der Waals surface area contributed by atoms with E-state index in [2.05, 4.69) is 10.6 Å². The van der Waals surface area contributed by atoms with E-state index < -0.39 is 6.04 Å². The normalized spacial score (nSPS) is 17.5. The Labute approximate surface area is 142 Å². The molecule has 1 atom stereocenters. The molecule has 1 heterocycles. The van der Waals surface area contributed by atoms with Crippen LogP contribution in [0.2, 0.25) is 0 Å². The van der Waals surface area contributed by atoms with Crippen LogP contribution in [0.15, 0.2) is 36.4 Å². The van der Waals surface area contributed by atoms with E-state index in [1.165, 1.54) is 0 Å². The van der Waals surface area contributed by atoms with Crippen LogP contribution in [0.5, 0.6) is 0 Å². The molecule has 1 aromatic carbocycles. The monoisotopic (exact) mass is 331 g/mol. The van der Waals surface area contributed by atoms with Crippen LogP contribution in [0.25, 0.3) is 6.08 Å². The lowest BCUT2D eigenvalue weighted by atomic mass is 10.1. The third kappa shape index (κ3) is 5.70. The van der Waals surface area contributed by atoms with Crippen molar-refractivity contribution in [1.29, 1.82) is 0 Å². The van der Waals surface area contributed by atoms with Gasteiger partial charge in [0, 0.05) is 26.2 Å². The van der Waals surface area contributed by atoms with Crippen LogP contribution in [-0.4, -0.2) is 54.2 Å². The number of aliphatic hydroxyl groups excluding tert-OH is 1. The number of carbonyl (C=O) groups excluding carboxylic acids is 2. The van der Waals surface area contributed by atoms with Gasteiger partial charge in [0.15, 0.2) is 0 Å². The summed E-state index contributed by atoms with van der Waals surface area (Å²) in [7, 11) is 0. The summed E-state index contributed by atoms with van der Waals surface area (Å²) in [6.45, 7) is 1.56. The van der Waals surface area contributed by atoms with Crippen molar-refractivity contribution >= 4 is 18.0 Å². The standard InChI is InChI=1S/C18H25N3O3/c22-14-6-13-21(12-5-9-15-7-2-1-3-8-15)18(24)20-16-10-4-11-19-17(16)23/h1-3,5,7-9,16,22H,4,6,10-14H2,(H,19,23)(H,20,24)/b9-5+. The van der Waals surface area contributed by atoms with Gasteiger partial charge in [0.2, 0.25) is 5.91 Å². The summed E-state index contributed by atoms with van der Waals surface area (Å²) in [5.74, 6) is -0.128. The lowest BCUT2D eigenvalue weighted by Gasteiger charge is -2.27. The van der Waals surface area contributed by atoms with Crippen LogP contribution < -0.4 is 10.6 Å². The highest BCUT2D eigenvalue weighted by molar-refractivity contribution is 5.87. The number of rotatable bonds is 7. The number of hydrogen-bond acceptors (Lipinski definition) is 3. The van der Waals surface area contributed by atoms with Crippen LogP contribution in [0.4, 0.5) is 4.79 Å². The van der Waals surface area contributed by atoms with Gasteiger partial charge in [-0.3, -0.25) is 4.79 Å². The van der Waals surface area contributed by atoms with Gasteiger partial charge >= 0.3 is 6.03 Å². The minimum Gasteiger partial charge on any atom is -0.396 e. The second-order valence-electron chi connectivity index (χ2n) is 5.77. The Morgan fingerprint density at radius 2 is 2.17 bits per heavy atom. The van der Waals surface area contributed by atoms with Crippen molar-refractivity contribution in [2.24, 2.45) is 0 Å². The molecule has 1 saturated heterocycles. The zero-order valence-corrected chi connectivity index (χ0v) is 13.8. The molecule has 24 heavy (non-hydrogen) atoms.